The fourth-order valence-electron chi connectivity index (χ4n) is 1.96. The zero-order valence-corrected chi connectivity index (χ0v) is 14.8. The van der Waals surface area contributed by atoms with Crippen LogP contribution in [0.1, 0.15) is 11.1 Å². The first kappa shape index (κ1) is 18.4. The Bertz CT molecular complexity index is 765. The molecule has 0 unspecified atom stereocenters. The number of amides is 1. The van der Waals surface area contributed by atoms with E-state index in [4.69, 9.17) is 17.0 Å². The lowest BCUT2D eigenvalue weighted by molar-refractivity contribution is -0.115. The predicted molar refractivity (Wildman–Crippen MR) is 107 cm³/mol. The number of aryl methyl sites for hydroxylation is 1. The molecule has 0 aliphatic heterocycles. The minimum atomic E-state index is -0.288. The summed E-state index contributed by atoms with van der Waals surface area (Å²) in [4.78, 5) is 11.9. The highest BCUT2D eigenvalue weighted by Crippen LogP contribution is 2.15. The van der Waals surface area contributed by atoms with Gasteiger partial charge in [-0.15, -0.1) is 0 Å². The summed E-state index contributed by atoms with van der Waals surface area (Å²) in [7, 11) is 0. The van der Waals surface area contributed by atoms with Crippen molar-refractivity contribution in [3.05, 3.63) is 78.4 Å². The number of hydrogen-bond acceptors (Lipinski definition) is 3. The van der Waals surface area contributed by atoms with Crippen molar-refractivity contribution < 1.29 is 9.53 Å². The van der Waals surface area contributed by atoms with E-state index in [2.05, 4.69) is 17.2 Å². The molecule has 0 saturated heterocycles. The van der Waals surface area contributed by atoms with Gasteiger partial charge in [0.1, 0.15) is 12.4 Å². The van der Waals surface area contributed by atoms with Crippen LogP contribution >= 0.6 is 12.2 Å². The number of ether oxygens (including phenoxy) is 1. The molecule has 25 heavy (non-hydrogen) atoms. The zero-order chi connectivity index (χ0) is 18.1. The molecule has 0 fully saturated rings. The van der Waals surface area contributed by atoms with Crippen LogP contribution in [0.2, 0.25) is 0 Å². The molecule has 0 aliphatic rings. The Kier molecular flexibility index (Phi) is 6.92. The van der Waals surface area contributed by atoms with E-state index >= 15 is 0 Å². The number of carbonyl (C=O) groups excluding carboxylic acids is 1. The smallest absolute Gasteiger partial charge is 0.250 e. The van der Waals surface area contributed by atoms with Crippen LogP contribution in [0.15, 0.2) is 67.3 Å². The van der Waals surface area contributed by atoms with Gasteiger partial charge in [0, 0.05) is 11.8 Å². The molecule has 0 heterocycles. The van der Waals surface area contributed by atoms with Crippen molar-refractivity contribution in [2.24, 2.45) is 0 Å². The van der Waals surface area contributed by atoms with Crippen molar-refractivity contribution in [2.75, 3.05) is 11.9 Å². The monoisotopic (exact) mass is 352 g/mol. The highest BCUT2D eigenvalue weighted by molar-refractivity contribution is 7.80. The second-order valence-corrected chi connectivity index (χ2v) is 5.72. The first-order valence-corrected chi connectivity index (χ1v) is 8.18. The minimum absolute atomic E-state index is 0.235. The Hall–Kier alpha value is -2.92. The summed E-state index contributed by atoms with van der Waals surface area (Å²) in [6, 6.07) is 15.1. The molecule has 4 nitrogen and oxygen atoms in total. The lowest BCUT2D eigenvalue weighted by Gasteiger charge is -2.09. The summed E-state index contributed by atoms with van der Waals surface area (Å²) in [5, 5.41) is 5.80. The lowest BCUT2D eigenvalue weighted by atomic mass is 10.1. The molecule has 2 aromatic rings. The van der Waals surface area contributed by atoms with Crippen LogP contribution < -0.4 is 15.4 Å². The molecule has 0 saturated carbocycles. The van der Waals surface area contributed by atoms with E-state index < -0.39 is 0 Å². The Balaban J connectivity index is 1.83. The van der Waals surface area contributed by atoms with Gasteiger partial charge < -0.3 is 10.1 Å². The topological polar surface area (TPSA) is 50.4 Å². The largest absolute Gasteiger partial charge is 0.490 e. The summed E-state index contributed by atoms with van der Waals surface area (Å²) in [6.45, 7) is 6.07. The average Bonchev–Trinajstić information content (AvgIpc) is 2.60. The molecule has 0 spiro atoms. The van der Waals surface area contributed by atoms with Gasteiger partial charge >= 0.3 is 0 Å². The molecule has 2 rings (SSSR count). The quantitative estimate of drug-likeness (QED) is 0.467. The number of thiocarbonyl (C=S) groups is 1. The van der Waals surface area contributed by atoms with Gasteiger partial charge in [0.05, 0.1) is 0 Å². The van der Waals surface area contributed by atoms with Crippen LogP contribution in [0.4, 0.5) is 5.69 Å². The van der Waals surface area contributed by atoms with Gasteiger partial charge in [0.25, 0.3) is 0 Å². The van der Waals surface area contributed by atoms with E-state index in [0.717, 1.165) is 17.0 Å². The summed E-state index contributed by atoms with van der Waals surface area (Å²) < 4.78 is 5.40. The molecule has 0 aliphatic carbocycles. The zero-order valence-electron chi connectivity index (χ0n) is 14.0. The maximum Gasteiger partial charge on any atom is 0.250 e. The van der Waals surface area contributed by atoms with Crippen molar-refractivity contribution in [1.29, 1.82) is 0 Å². The number of rotatable bonds is 6. The average molecular weight is 352 g/mol. The normalized spacial score (nSPS) is 10.3. The molecule has 2 aromatic carbocycles. The van der Waals surface area contributed by atoms with Crippen LogP contribution in [0.5, 0.6) is 5.75 Å². The third-order valence-corrected chi connectivity index (χ3v) is 3.43. The molecular weight excluding hydrogens is 332 g/mol. The summed E-state index contributed by atoms with van der Waals surface area (Å²) in [5.41, 5.74) is 2.89. The Morgan fingerprint density at radius 2 is 1.84 bits per heavy atom. The highest BCUT2D eigenvalue weighted by Gasteiger charge is 2.02. The first-order chi connectivity index (χ1) is 12.1. The maximum atomic E-state index is 11.9. The Labute approximate surface area is 153 Å². The lowest BCUT2D eigenvalue weighted by Crippen LogP contribution is -2.32. The molecular formula is C20H20N2O2S. The maximum absolute atomic E-state index is 11.9. The third-order valence-electron chi connectivity index (χ3n) is 3.22. The number of benzene rings is 2. The van der Waals surface area contributed by atoms with E-state index in [1.165, 1.54) is 11.6 Å². The fourth-order valence-corrected chi connectivity index (χ4v) is 2.17. The number of anilines is 1. The van der Waals surface area contributed by atoms with Crippen LogP contribution in [0.3, 0.4) is 0 Å². The second kappa shape index (κ2) is 9.39. The Morgan fingerprint density at radius 3 is 2.48 bits per heavy atom. The van der Waals surface area contributed by atoms with Crippen LogP contribution in [-0.4, -0.2) is 17.6 Å². The predicted octanol–water partition coefficient (Wildman–Crippen LogP) is 4.09. The van der Waals surface area contributed by atoms with E-state index in [1.54, 1.807) is 12.2 Å². The van der Waals surface area contributed by atoms with Crippen molar-refractivity contribution >= 4 is 35.0 Å². The minimum Gasteiger partial charge on any atom is -0.490 e. The van der Waals surface area contributed by atoms with Crippen molar-refractivity contribution in [3.63, 3.8) is 0 Å². The molecule has 0 radical (unpaired) electrons. The summed E-state index contributed by atoms with van der Waals surface area (Å²) in [6.07, 6.45) is 4.87. The molecule has 1 amide bonds. The fraction of sp³-hybridized carbons (Fsp3) is 0.100. The van der Waals surface area contributed by atoms with Crippen molar-refractivity contribution in [2.45, 2.75) is 6.92 Å². The first-order valence-electron chi connectivity index (χ1n) is 7.77. The van der Waals surface area contributed by atoms with Gasteiger partial charge in [-0.1, -0.05) is 42.5 Å². The molecule has 5 heteroatoms. The van der Waals surface area contributed by atoms with Crippen LogP contribution in [0, 0.1) is 6.92 Å². The molecule has 0 aromatic heterocycles. The molecule has 128 valence electrons. The van der Waals surface area contributed by atoms with Crippen LogP contribution in [-0.2, 0) is 4.79 Å². The highest BCUT2D eigenvalue weighted by atomic mass is 32.1. The van der Waals surface area contributed by atoms with Crippen LogP contribution in [0.25, 0.3) is 6.08 Å². The standard InChI is InChI=1S/C20H20N2O2S/c1-3-14-24-18-11-9-17(10-12-18)21-20(25)22-19(23)13-8-16-6-4-15(2)5-7-16/h3-13H,1,14H2,2H3,(H2,21,22,23,25). The van der Waals surface area contributed by atoms with Gasteiger partial charge in [-0.05, 0) is 55.0 Å². The number of hydrogen-bond donors (Lipinski definition) is 2. The second-order valence-electron chi connectivity index (χ2n) is 5.31. The van der Waals surface area contributed by atoms with Crippen molar-refractivity contribution in [3.8, 4) is 5.75 Å². The van der Waals surface area contributed by atoms with Gasteiger partial charge in [0.15, 0.2) is 5.11 Å². The van der Waals surface area contributed by atoms with Crippen molar-refractivity contribution in [1.82, 2.24) is 5.32 Å². The van der Waals surface area contributed by atoms with Gasteiger partial charge in [-0.25, -0.2) is 0 Å². The Morgan fingerprint density at radius 1 is 1.16 bits per heavy atom. The molecule has 0 atom stereocenters. The van der Waals surface area contributed by atoms with Gasteiger partial charge in [-0.3, -0.25) is 10.1 Å². The number of carbonyl (C=O) groups is 1. The van der Waals surface area contributed by atoms with E-state index in [0.29, 0.717) is 6.61 Å². The van der Waals surface area contributed by atoms with Gasteiger partial charge in [-0.2, -0.15) is 0 Å². The van der Waals surface area contributed by atoms with E-state index in [1.807, 2.05) is 55.5 Å². The van der Waals surface area contributed by atoms with E-state index in [9.17, 15) is 4.79 Å². The molecule has 0 bridgehead atoms. The molecule has 2 N–H and O–H groups in total. The third kappa shape index (κ3) is 6.61. The van der Waals surface area contributed by atoms with E-state index in [-0.39, 0.29) is 11.0 Å². The van der Waals surface area contributed by atoms with Gasteiger partial charge in [0.2, 0.25) is 5.91 Å². The summed E-state index contributed by atoms with van der Waals surface area (Å²) >= 11 is 5.14. The number of nitrogens with one attached hydrogen (secondary N) is 2. The SMILES string of the molecule is C=CCOc1ccc(NC(=S)NC(=O)C=Cc2ccc(C)cc2)cc1. The summed E-state index contributed by atoms with van der Waals surface area (Å²) in [5.74, 6) is 0.449.